The maximum Gasteiger partial charge on any atom is 0.257 e. The molecule has 3 aromatic rings. The molecule has 0 bridgehead atoms. The quantitative estimate of drug-likeness (QED) is 0.606. The number of hydrogen-bond donors (Lipinski definition) is 1. The van der Waals surface area contributed by atoms with E-state index in [-0.39, 0.29) is 36.4 Å². The van der Waals surface area contributed by atoms with Crippen molar-refractivity contribution < 1.29 is 18.4 Å². The summed E-state index contributed by atoms with van der Waals surface area (Å²) in [6.45, 7) is 1.85. The molecule has 2 aliphatic heterocycles. The molecule has 34 heavy (non-hydrogen) atoms. The number of hydrazone groups is 1. The van der Waals surface area contributed by atoms with Gasteiger partial charge in [-0.3, -0.25) is 14.5 Å². The molecule has 1 saturated heterocycles. The Morgan fingerprint density at radius 1 is 1.06 bits per heavy atom. The molecule has 1 unspecified atom stereocenters. The van der Waals surface area contributed by atoms with Crippen molar-refractivity contribution in [3.63, 3.8) is 0 Å². The maximum atomic E-state index is 13.4. The van der Waals surface area contributed by atoms with Crippen molar-refractivity contribution in [2.45, 2.75) is 44.2 Å². The fourth-order valence-corrected chi connectivity index (χ4v) is 4.88. The minimum absolute atomic E-state index is 0.0621. The summed E-state index contributed by atoms with van der Waals surface area (Å²) in [6.07, 6.45) is 5.92. The van der Waals surface area contributed by atoms with Gasteiger partial charge in [0.25, 0.3) is 5.91 Å². The number of furan rings is 2. The molecule has 1 atom stereocenters. The number of hydrogen-bond acceptors (Lipinski definition) is 6. The highest BCUT2D eigenvalue weighted by Crippen LogP contribution is 2.34. The lowest BCUT2D eigenvalue weighted by atomic mass is 10.0. The average molecular weight is 461 g/mol. The molecule has 2 amide bonds. The first kappa shape index (κ1) is 21.2. The molecule has 6 rings (SSSR count). The summed E-state index contributed by atoms with van der Waals surface area (Å²) in [6, 6.07) is 13.4. The van der Waals surface area contributed by atoms with Gasteiger partial charge in [-0.15, -0.1) is 0 Å². The van der Waals surface area contributed by atoms with Crippen LogP contribution in [0.3, 0.4) is 0 Å². The van der Waals surface area contributed by atoms with Gasteiger partial charge in [0.1, 0.15) is 23.1 Å². The summed E-state index contributed by atoms with van der Waals surface area (Å²) in [5.74, 6) is 1.76. The van der Waals surface area contributed by atoms with Gasteiger partial charge in [-0.25, -0.2) is 5.01 Å². The van der Waals surface area contributed by atoms with Gasteiger partial charge in [-0.2, -0.15) is 5.10 Å². The molecule has 8 heteroatoms. The normalized spacial score (nSPS) is 21.7. The number of fused-ring (bicyclic) bond motifs is 1. The Kier molecular flexibility index (Phi) is 5.45. The molecular weight excluding hydrogens is 432 g/mol. The van der Waals surface area contributed by atoms with E-state index in [9.17, 15) is 9.59 Å². The highest BCUT2D eigenvalue weighted by atomic mass is 16.3. The lowest BCUT2D eigenvalue weighted by molar-refractivity contribution is -0.135. The van der Waals surface area contributed by atoms with Gasteiger partial charge in [-0.05, 0) is 49.9 Å². The molecule has 0 spiro atoms. The van der Waals surface area contributed by atoms with E-state index in [1.54, 1.807) is 11.3 Å². The first-order valence-corrected chi connectivity index (χ1v) is 12.1. The first-order valence-electron chi connectivity index (χ1n) is 12.1. The Hall–Kier alpha value is -3.39. The van der Waals surface area contributed by atoms with Gasteiger partial charge >= 0.3 is 0 Å². The SMILES string of the molecule is O=C(NC1CCN(CC(=O)N2N=C(c3cc4ccccc4o3)CC2c2ccco2)CC1)C1CC1. The van der Waals surface area contributed by atoms with Crippen molar-refractivity contribution in [3.05, 3.63) is 60.2 Å². The second-order valence-corrected chi connectivity index (χ2v) is 9.50. The summed E-state index contributed by atoms with van der Waals surface area (Å²) in [5.41, 5.74) is 1.55. The fourth-order valence-electron chi connectivity index (χ4n) is 4.88. The van der Waals surface area contributed by atoms with Gasteiger partial charge in [0.05, 0.1) is 12.8 Å². The Balaban J connectivity index is 1.14. The Bertz CT molecular complexity index is 1190. The number of piperidine rings is 1. The molecule has 1 aromatic carbocycles. The number of likely N-dealkylation sites (tertiary alicyclic amines) is 1. The monoisotopic (exact) mass is 460 g/mol. The number of benzene rings is 1. The summed E-state index contributed by atoms with van der Waals surface area (Å²) >= 11 is 0. The molecule has 3 aliphatic rings. The summed E-state index contributed by atoms with van der Waals surface area (Å²) in [5, 5.41) is 10.4. The predicted octanol–water partition coefficient (Wildman–Crippen LogP) is 3.69. The molecule has 0 radical (unpaired) electrons. The number of carbonyl (C=O) groups excluding carboxylic acids is 2. The third-order valence-corrected chi connectivity index (χ3v) is 6.99. The molecule has 176 valence electrons. The highest BCUT2D eigenvalue weighted by Gasteiger charge is 2.37. The van der Waals surface area contributed by atoms with E-state index < -0.39 is 0 Å². The Morgan fingerprint density at radius 2 is 1.88 bits per heavy atom. The van der Waals surface area contributed by atoms with Crippen LogP contribution in [0.15, 0.2) is 62.7 Å². The van der Waals surface area contributed by atoms with Crippen LogP contribution in [0.25, 0.3) is 11.0 Å². The van der Waals surface area contributed by atoms with Crippen LogP contribution in [0.5, 0.6) is 0 Å². The van der Waals surface area contributed by atoms with Crippen LogP contribution in [0, 0.1) is 5.92 Å². The van der Waals surface area contributed by atoms with E-state index in [0.717, 1.165) is 55.5 Å². The largest absolute Gasteiger partial charge is 0.467 e. The Labute approximate surface area is 197 Å². The van der Waals surface area contributed by atoms with Gasteiger partial charge in [0.2, 0.25) is 5.91 Å². The van der Waals surface area contributed by atoms with Gasteiger partial charge < -0.3 is 14.2 Å². The van der Waals surface area contributed by atoms with Crippen LogP contribution in [0.2, 0.25) is 0 Å². The van der Waals surface area contributed by atoms with Crippen LogP contribution < -0.4 is 5.32 Å². The second kappa shape index (κ2) is 8.76. The molecule has 2 fully saturated rings. The van der Waals surface area contributed by atoms with Crippen LogP contribution >= 0.6 is 0 Å². The molecule has 8 nitrogen and oxygen atoms in total. The van der Waals surface area contributed by atoms with Crippen molar-refractivity contribution in [1.82, 2.24) is 15.2 Å². The summed E-state index contributed by atoms with van der Waals surface area (Å²) in [4.78, 5) is 27.6. The van der Waals surface area contributed by atoms with E-state index in [2.05, 4.69) is 10.2 Å². The molecule has 1 aliphatic carbocycles. The zero-order valence-corrected chi connectivity index (χ0v) is 19.0. The lowest BCUT2D eigenvalue weighted by Crippen LogP contribution is -2.47. The number of carbonyl (C=O) groups is 2. The van der Waals surface area contributed by atoms with Gasteiger partial charge in [0, 0.05) is 36.9 Å². The van der Waals surface area contributed by atoms with Gasteiger partial charge in [0.15, 0.2) is 5.76 Å². The van der Waals surface area contributed by atoms with Crippen molar-refractivity contribution in [3.8, 4) is 0 Å². The van der Waals surface area contributed by atoms with Crippen molar-refractivity contribution in [2.24, 2.45) is 11.0 Å². The summed E-state index contributed by atoms with van der Waals surface area (Å²) in [7, 11) is 0. The third-order valence-electron chi connectivity index (χ3n) is 6.99. The number of nitrogens with one attached hydrogen (secondary N) is 1. The van der Waals surface area contributed by atoms with Crippen LogP contribution in [0.4, 0.5) is 0 Å². The van der Waals surface area contributed by atoms with E-state index in [4.69, 9.17) is 13.9 Å². The molecule has 1 N–H and O–H groups in total. The minimum Gasteiger partial charge on any atom is -0.467 e. The van der Waals surface area contributed by atoms with Crippen LogP contribution in [-0.4, -0.2) is 53.1 Å². The number of amides is 2. The maximum absolute atomic E-state index is 13.4. The predicted molar refractivity (Wildman–Crippen MR) is 126 cm³/mol. The molecular formula is C26H28N4O4. The second-order valence-electron chi connectivity index (χ2n) is 9.50. The third kappa shape index (κ3) is 4.25. The van der Waals surface area contributed by atoms with E-state index in [1.165, 1.54) is 0 Å². The zero-order chi connectivity index (χ0) is 23.1. The zero-order valence-electron chi connectivity index (χ0n) is 19.0. The molecule has 1 saturated carbocycles. The van der Waals surface area contributed by atoms with Gasteiger partial charge in [-0.1, -0.05) is 18.2 Å². The highest BCUT2D eigenvalue weighted by molar-refractivity contribution is 6.03. The van der Waals surface area contributed by atoms with E-state index in [0.29, 0.717) is 17.9 Å². The smallest absolute Gasteiger partial charge is 0.257 e. The van der Waals surface area contributed by atoms with Crippen LogP contribution in [-0.2, 0) is 9.59 Å². The van der Waals surface area contributed by atoms with Crippen molar-refractivity contribution >= 4 is 28.5 Å². The van der Waals surface area contributed by atoms with E-state index >= 15 is 0 Å². The molecule has 2 aromatic heterocycles. The summed E-state index contributed by atoms with van der Waals surface area (Å²) < 4.78 is 11.7. The molecule has 4 heterocycles. The van der Waals surface area contributed by atoms with Crippen molar-refractivity contribution in [1.29, 1.82) is 0 Å². The first-order chi connectivity index (χ1) is 16.6. The number of nitrogens with zero attached hydrogens (tertiary/aromatic N) is 3. The average Bonchev–Trinajstić information content (AvgIpc) is 3.24. The fraction of sp³-hybridized carbons (Fsp3) is 0.423. The Morgan fingerprint density at radius 3 is 2.62 bits per heavy atom. The van der Waals surface area contributed by atoms with Crippen molar-refractivity contribution in [2.75, 3.05) is 19.6 Å². The van der Waals surface area contributed by atoms with Crippen LogP contribution in [0.1, 0.15) is 49.7 Å². The number of para-hydroxylation sites is 1. The van der Waals surface area contributed by atoms with E-state index in [1.807, 2.05) is 42.5 Å². The topological polar surface area (TPSA) is 91.3 Å². The number of rotatable bonds is 6. The lowest BCUT2D eigenvalue weighted by Gasteiger charge is -2.33. The minimum atomic E-state index is -0.291. The standard InChI is InChI=1S/C26H28N4O4/c31-25(16-29-11-9-19(10-12-29)27-26(32)17-7-8-17)30-21(23-6-3-13-33-23)15-20(28-30)24-14-18-4-1-2-5-22(18)34-24/h1-6,13-14,17,19,21H,7-12,15-16H2,(H,27,32).